The van der Waals surface area contributed by atoms with E-state index in [0.29, 0.717) is 23.8 Å². The summed E-state index contributed by atoms with van der Waals surface area (Å²) < 4.78 is 11.0. The summed E-state index contributed by atoms with van der Waals surface area (Å²) >= 11 is 1.55. The Kier molecular flexibility index (Phi) is 5.38. The molecule has 0 aliphatic heterocycles. The van der Waals surface area contributed by atoms with Gasteiger partial charge in [0.2, 0.25) is 0 Å². The fourth-order valence-electron chi connectivity index (χ4n) is 2.48. The number of hydrogen-bond donors (Lipinski definition) is 2. The Balaban J connectivity index is 1.84. The molecule has 3 aromatic rings. The molecule has 0 fully saturated rings. The van der Waals surface area contributed by atoms with E-state index in [1.54, 1.807) is 30.6 Å². The molecule has 0 aliphatic carbocycles. The number of thiazole rings is 1. The van der Waals surface area contributed by atoms with Crippen molar-refractivity contribution >= 4 is 23.1 Å². The van der Waals surface area contributed by atoms with Crippen LogP contribution in [0, 0.1) is 0 Å². The standard InChI is InChI=1S/C19H19N3O3S/c1-3-25-16-9-6-13(10-17(16)24-2)18-22-15(11-26-18)12-4-7-14(8-5-12)21-19(20)23/h4-11H,3H2,1-2H3,(H3,20,21,23). The van der Waals surface area contributed by atoms with Crippen molar-refractivity contribution in [3.63, 3.8) is 0 Å². The molecule has 0 spiro atoms. The van der Waals surface area contributed by atoms with Crippen LogP contribution in [-0.2, 0) is 0 Å². The number of hydrogen-bond acceptors (Lipinski definition) is 5. The third-order valence-corrected chi connectivity index (χ3v) is 4.55. The lowest BCUT2D eigenvalue weighted by Crippen LogP contribution is -2.19. The molecule has 3 N–H and O–H groups in total. The molecule has 0 aliphatic rings. The summed E-state index contributed by atoms with van der Waals surface area (Å²) in [6, 6.07) is 12.6. The Morgan fingerprint density at radius 2 is 1.88 bits per heavy atom. The van der Waals surface area contributed by atoms with Gasteiger partial charge < -0.3 is 20.5 Å². The Morgan fingerprint density at radius 3 is 2.54 bits per heavy atom. The van der Waals surface area contributed by atoms with E-state index in [1.165, 1.54) is 0 Å². The van der Waals surface area contributed by atoms with Crippen LogP contribution in [0.15, 0.2) is 47.8 Å². The topological polar surface area (TPSA) is 86.5 Å². The number of amides is 2. The molecule has 0 unspecified atom stereocenters. The summed E-state index contributed by atoms with van der Waals surface area (Å²) in [5.74, 6) is 1.40. The summed E-state index contributed by atoms with van der Waals surface area (Å²) in [6.45, 7) is 2.52. The fraction of sp³-hybridized carbons (Fsp3) is 0.158. The molecule has 2 amide bonds. The first-order valence-corrected chi connectivity index (χ1v) is 8.92. The van der Waals surface area contributed by atoms with Crippen LogP contribution in [0.3, 0.4) is 0 Å². The second-order valence-corrected chi connectivity index (χ2v) is 6.26. The number of nitrogens with two attached hydrogens (primary N) is 1. The maximum absolute atomic E-state index is 10.9. The van der Waals surface area contributed by atoms with E-state index in [1.807, 2.05) is 42.6 Å². The Labute approximate surface area is 155 Å². The van der Waals surface area contributed by atoms with Crippen molar-refractivity contribution in [1.29, 1.82) is 0 Å². The second-order valence-electron chi connectivity index (χ2n) is 5.40. The van der Waals surface area contributed by atoms with Gasteiger partial charge in [-0.2, -0.15) is 0 Å². The zero-order valence-electron chi connectivity index (χ0n) is 14.5. The number of carbonyl (C=O) groups is 1. The van der Waals surface area contributed by atoms with E-state index in [0.717, 1.165) is 21.8 Å². The Hall–Kier alpha value is -3.06. The number of urea groups is 1. The molecule has 2 aromatic carbocycles. The van der Waals surface area contributed by atoms with Crippen LogP contribution in [-0.4, -0.2) is 24.7 Å². The van der Waals surface area contributed by atoms with Crippen molar-refractivity contribution in [2.45, 2.75) is 6.92 Å². The number of aromatic nitrogens is 1. The van der Waals surface area contributed by atoms with Gasteiger partial charge in [0.25, 0.3) is 0 Å². The maximum Gasteiger partial charge on any atom is 0.316 e. The zero-order valence-corrected chi connectivity index (χ0v) is 15.3. The monoisotopic (exact) mass is 369 g/mol. The number of nitrogens with zero attached hydrogens (tertiary/aromatic N) is 1. The molecule has 0 atom stereocenters. The predicted molar refractivity (Wildman–Crippen MR) is 104 cm³/mol. The Morgan fingerprint density at radius 1 is 1.15 bits per heavy atom. The van der Waals surface area contributed by atoms with Gasteiger partial charge in [-0.3, -0.25) is 0 Å². The SMILES string of the molecule is CCOc1ccc(-c2nc(-c3ccc(NC(N)=O)cc3)cs2)cc1OC. The Bertz CT molecular complexity index is 907. The first kappa shape index (κ1) is 17.8. The predicted octanol–water partition coefficient (Wildman–Crippen LogP) is 4.38. The number of benzene rings is 2. The van der Waals surface area contributed by atoms with E-state index in [9.17, 15) is 4.79 Å². The highest BCUT2D eigenvalue weighted by atomic mass is 32.1. The lowest BCUT2D eigenvalue weighted by molar-refractivity contribution is 0.259. The van der Waals surface area contributed by atoms with E-state index in [4.69, 9.17) is 20.2 Å². The highest BCUT2D eigenvalue weighted by molar-refractivity contribution is 7.13. The lowest BCUT2D eigenvalue weighted by Gasteiger charge is -2.09. The molecule has 7 heteroatoms. The average Bonchev–Trinajstić information content (AvgIpc) is 3.12. The van der Waals surface area contributed by atoms with E-state index >= 15 is 0 Å². The van der Waals surface area contributed by atoms with Gasteiger partial charge in [0.15, 0.2) is 11.5 Å². The smallest absolute Gasteiger partial charge is 0.316 e. The summed E-state index contributed by atoms with van der Waals surface area (Å²) in [4.78, 5) is 15.6. The van der Waals surface area contributed by atoms with Gasteiger partial charge in [0.05, 0.1) is 19.4 Å². The van der Waals surface area contributed by atoms with E-state index in [2.05, 4.69) is 5.32 Å². The molecule has 0 bridgehead atoms. The number of primary amides is 1. The minimum atomic E-state index is -0.585. The molecule has 1 heterocycles. The first-order chi connectivity index (χ1) is 12.6. The zero-order chi connectivity index (χ0) is 18.5. The van der Waals surface area contributed by atoms with Crippen molar-refractivity contribution in [3.8, 4) is 33.3 Å². The van der Waals surface area contributed by atoms with Crippen molar-refractivity contribution < 1.29 is 14.3 Å². The number of rotatable bonds is 6. The van der Waals surface area contributed by atoms with Crippen LogP contribution in [0.5, 0.6) is 11.5 Å². The van der Waals surface area contributed by atoms with Crippen molar-refractivity contribution in [3.05, 3.63) is 47.8 Å². The minimum absolute atomic E-state index is 0.581. The molecule has 26 heavy (non-hydrogen) atoms. The molecule has 0 saturated heterocycles. The van der Waals surface area contributed by atoms with Crippen LogP contribution < -0.4 is 20.5 Å². The molecular formula is C19H19N3O3S. The first-order valence-electron chi connectivity index (χ1n) is 8.04. The van der Waals surface area contributed by atoms with Crippen molar-refractivity contribution in [2.75, 3.05) is 19.0 Å². The molecule has 0 saturated carbocycles. The number of nitrogens with one attached hydrogen (secondary N) is 1. The van der Waals surface area contributed by atoms with Crippen LogP contribution in [0.2, 0.25) is 0 Å². The second kappa shape index (κ2) is 7.88. The third kappa shape index (κ3) is 3.94. The quantitative estimate of drug-likeness (QED) is 0.675. The summed E-state index contributed by atoms with van der Waals surface area (Å²) in [6.07, 6.45) is 0. The number of anilines is 1. The molecule has 3 rings (SSSR count). The van der Waals surface area contributed by atoms with E-state index in [-0.39, 0.29) is 0 Å². The van der Waals surface area contributed by atoms with Crippen LogP contribution in [0.1, 0.15) is 6.92 Å². The number of carbonyl (C=O) groups excluding carboxylic acids is 1. The lowest BCUT2D eigenvalue weighted by atomic mass is 10.1. The van der Waals surface area contributed by atoms with Gasteiger partial charge in [0.1, 0.15) is 5.01 Å². The molecule has 6 nitrogen and oxygen atoms in total. The summed E-state index contributed by atoms with van der Waals surface area (Å²) in [5, 5.41) is 5.42. The molecule has 0 radical (unpaired) electrons. The normalized spacial score (nSPS) is 10.4. The van der Waals surface area contributed by atoms with Crippen LogP contribution >= 0.6 is 11.3 Å². The average molecular weight is 369 g/mol. The molecular weight excluding hydrogens is 350 g/mol. The van der Waals surface area contributed by atoms with Gasteiger partial charge in [-0.1, -0.05) is 12.1 Å². The van der Waals surface area contributed by atoms with Crippen LogP contribution in [0.25, 0.3) is 21.8 Å². The van der Waals surface area contributed by atoms with E-state index < -0.39 is 6.03 Å². The number of ether oxygens (including phenoxy) is 2. The van der Waals surface area contributed by atoms with Crippen molar-refractivity contribution in [2.24, 2.45) is 5.73 Å². The third-order valence-electron chi connectivity index (χ3n) is 3.66. The summed E-state index contributed by atoms with van der Waals surface area (Å²) in [7, 11) is 1.62. The van der Waals surface area contributed by atoms with Gasteiger partial charge in [-0.25, -0.2) is 9.78 Å². The molecule has 1 aromatic heterocycles. The van der Waals surface area contributed by atoms with Gasteiger partial charge >= 0.3 is 6.03 Å². The van der Waals surface area contributed by atoms with Gasteiger partial charge in [-0.15, -0.1) is 11.3 Å². The number of methoxy groups -OCH3 is 1. The van der Waals surface area contributed by atoms with Crippen molar-refractivity contribution in [1.82, 2.24) is 4.98 Å². The van der Waals surface area contributed by atoms with Gasteiger partial charge in [0, 0.05) is 22.2 Å². The van der Waals surface area contributed by atoms with Crippen LogP contribution in [0.4, 0.5) is 10.5 Å². The highest BCUT2D eigenvalue weighted by Gasteiger charge is 2.11. The summed E-state index contributed by atoms with van der Waals surface area (Å²) in [5.41, 5.74) is 8.55. The fourth-order valence-corrected chi connectivity index (χ4v) is 3.31. The maximum atomic E-state index is 10.9. The highest BCUT2D eigenvalue weighted by Crippen LogP contribution is 2.35. The molecule has 134 valence electrons. The largest absolute Gasteiger partial charge is 0.493 e. The minimum Gasteiger partial charge on any atom is -0.493 e. The van der Waals surface area contributed by atoms with Gasteiger partial charge in [-0.05, 0) is 37.3 Å².